The van der Waals surface area contributed by atoms with Crippen LogP contribution in [0.5, 0.6) is 0 Å². The van der Waals surface area contributed by atoms with Crippen molar-refractivity contribution in [3.8, 4) is 0 Å². The van der Waals surface area contributed by atoms with Crippen LogP contribution in [0.4, 0.5) is 0 Å². The molecule has 0 aromatic heterocycles. The SMILES string of the molecule is CC(O)CCC(N)(CCCC=O)C(=O)O. The molecule has 0 fully saturated rings. The highest BCUT2D eigenvalue weighted by Gasteiger charge is 2.33. The molecule has 0 aromatic carbocycles. The van der Waals surface area contributed by atoms with Gasteiger partial charge in [-0.25, -0.2) is 0 Å². The number of carbonyl (C=O) groups excluding carboxylic acids is 1. The van der Waals surface area contributed by atoms with Crippen LogP contribution < -0.4 is 5.73 Å². The number of aliphatic hydroxyl groups is 1. The number of aliphatic carboxylic acids is 1. The van der Waals surface area contributed by atoms with E-state index < -0.39 is 17.6 Å². The Morgan fingerprint density at radius 1 is 1.53 bits per heavy atom. The molecule has 0 aliphatic heterocycles. The average Bonchev–Trinajstić information content (AvgIpc) is 2.15. The van der Waals surface area contributed by atoms with E-state index >= 15 is 0 Å². The summed E-state index contributed by atoms with van der Waals surface area (Å²) >= 11 is 0. The van der Waals surface area contributed by atoms with Crippen LogP contribution in [0.3, 0.4) is 0 Å². The zero-order valence-electron chi connectivity index (χ0n) is 8.98. The van der Waals surface area contributed by atoms with Gasteiger partial charge in [-0.15, -0.1) is 0 Å². The predicted octanol–water partition coefficient (Wildman–Crippen LogP) is 0.299. The summed E-state index contributed by atoms with van der Waals surface area (Å²) in [6.07, 6.45) is 1.80. The summed E-state index contributed by atoms with van der Waals surface area (Å²) in [5.41, 5.74) is 4.38. The standard InChI is InChI=1S/C10H19NO4/c1-8(13)4-6-10(11,9(14)15)5-2-3-7-12/h7-8,13H,2-6,11H2,1H3,(H,14,15). The van der Waals surface area contributed by atoms with Crippen LogP contribution in [0.2, 0.25) is 0 Å². The molecular weight excluding hydrogens is 198 g/mol. The molecule has 0 spiro atoms. The Hall–Kier alpha value is -0.940. The molecule has 88 valence electrons. The van der Waals surface area contributed by atoms with Crippen LogP contribution in [0.1, 0.15) is 39.0 Å². The van der Waals surface area contributed by atoms with Crippen molar-refractivity contribution in [1.29, 1.82) is 0 Å². The molecule has 0 amide bonds. The van der Waals surface area contributed by atoms with Gasteiger partial charge >= 0.3 is 5.97 Å². The first-order valence-corrected chi connectivity index (χ1v) is 5.06. The van der Waals surface area contributed by atoms with Crippen molar-refractivity contribution >= 4 is 12.3 Å². The van der Waals surface area contributed by atoms with Gasteiger partial charge in [0.15, 0.2) is 0 Å². The number of nitrogens with two attached hydrogens (primary N) is 1. The first kappa shape index (κ1) is 14.1. The zero-order valence-corrected chi connectivity index (χ0v) is 8.98. The van der Waals surface area contributed by atoms with E-state index in [1.165, 1.54) is 0 Å². The van der Waals surface area contributed by atoms with E-state index in [9.17, 15) is 9.59 Å². The smallest absolute Gasteiger partial charge is 0.323 e. The number of hydrogen-bond acceptors (Lipinski definition) is 4. The van der Waals surface area contributed by atoms with Gasteiger partial charge in [-0.1, -0.05) is 0 Å². The molecule has 0 aliphatic carbocycles. The molecule has 0 bridgehead atoms. The molecule has 0 radical (unpaired) electrons. The van der Waals surface area contributed by atoms with Crippen LogP contribution in [-0.2, 0) is 9.59 Å². The maximum Gasteiger partial charge on any atom is 0.323 e. The summed E-state index contributed by atoms with van der Waals surface area (Å²) in [6.45, 7) is 1.59. The molecule has 0 aromatic rings. The summed E-state index contributed by atoms with van der Waals surface area (Å²) in [4.78, 5) is 21.0. The van der Waals surface area contributed by atoms with Crippen LogP contribution >= 0.6 is 0 Å². The van der Waals surface area contributed by atoms with Gasteiger partial charge in [-0.05, 0) is 32.6 Å². The fourth-order valence-electron chi connectivity index (χ4n) is 1.31. The molecule has 4 N–H and O–H groups in total. The zero-order chi connectivity index (χ0) is 11.9. The molecule has 0 heterocycles. The number of carboxylic acids is 1. The van der Waals surface area contributed by atoms with Crippen molar-refractivity contribution < 1.29 is 19.8 Å². The van der Waals surface area contributed by atoms with Gasteiger partial charge in [0.25, 0.3) is 0 Å². The number of rotatable bonds is 8. The molecule has 5 heteroatoms. The summed E-state index contributed by atoms with van der Waals surface area (Å²) in [7, 11) is 0. The van der Waals surface area contributed by atoms with E-state index in [0.29, 0.717) is 19.3 Å². The van der Waals surface area contributed by atoms with E-state index in [2.05, 4.69) is 0 Å². The monoisotopic (exact) mass is 217 g/mol. The highest BCUT2D eigenvalue weighted by atomic mass is 16.4. The molecule has 0 saturated carbocycles. The Bertz CT molecular complexity index is 217. The van der Waals surface area contributed by atoms with Crippen molar-refractivity contribution in [2.24, 2.45) is 5.73 Å². The molecule has 2 unspecified atom stereocenters. The van der Waals surface area contributed by atoms with Gasteiger partial charge in [-0.3, -0.25) is 4.79 Å². The first-order chi connectivity index (χ1) is 6.92. The Morgan fingerprint density at radius 2 is 2.13 bits per heavy atom. The van der Waals surface area contributed by atoms with E-state index in [0.717, 1.165) is 6.29 Å². The minimum atomic E-state index is -1.32. The summed E-state index contributed by atoms with van der Waals surface area (Å²) in [6, 6.07) is 0. The van der Waals surface area contributed by atoms with Crippen molar-refractivity contribution in [3.05, 3.63) is 0 Å². The van der Waals surface area contributed by atoms with Crippen LogP contribution in [-0.4, -0.2) is 34.1 Å². The summed E-state index contributed by atoms with van der Waals surface area (Å²) < 4.78 is 0. The molecule has 5 nitrogen and oxygen atoms in total. The largest absolute Gasteiger partial charge is 0.480 e. The fourth-order valence-corrected chi connectivity index (χ4v) is 1.31. The Labute approximate surface area is 89.3 Å². The second-order valence-electron chi connectivity index (χ2n) is 3.91. The number of aliphatic hydroxyl groups excluding tert-OH is 1. The lowest BCUT2D eigenvalue weighted by Crippen LogP contribution is -2.48. The van der Waals surface area contributed by atoms with Crippen LogP contribution in [0, 0.1) is 0 Å². The number of carboxylic acid groups (broad SMARTS) is 1. The number of hydrogen-bond donors (Lipinski definition) is 3. The van der Waals surface area contributed by atoms with Crippen molar-refractivity contribution in [2.75, 3.05) is 0 Å². The Balaban J connectivity index is 4.18. The Kier molecular flexibility index (Phi) is 6.12. The van der Waals surface area contributed by atoms with E-state index in [1.54, 1.807) is 6.92 Å². The Morgan fingerprint density at radius 3 is 2.53 bits per heavy atom. The maximum atomic E-state index is 10.9. The van der Waals surface area contributed by atoms with Crippen molar-refractivity contribution in [1.82, 2.24) is 0 Å². The van der Waals surface area contributed by atoms with Gasteiger partial charge in [0, 0.05) is 6.42 Å². The van der Waals surface area contributed by atoms with Gasteiger partial charge in [0.1, 0.15) is 11.8 Å². The number of unbranched alkanes of at least 4 members (excludes halogenated alkanes) is 1. The van der Waals surface area contributed by atoms with E-state index in [-0.39, 0.29) is 12.8 Å². The van der Waals surface area contributed by atoms with Gasteiger partial charge in [-0.2, -0.15) is 0 Å². The van der Waals surface area contributed by atoms with Gasteiger partial charge in [0.2, 0.25) is 0 Å². The first-order valence-electron chi connectivity index (χ1n) is 5.06. The second-order valence-corrected chi connectivity index (χ2v) is 3.91. The second kappa shape index (κ2) is 6.53. The van der Waals surface area contributed by atoms with E-state index in [1.807, 2.05) is 0 Å². The summed E-state index contributed by atoms with van der Waals surface area (Å²) in [5, 5.41) is 18.0. The topological polar surface area (TPSA) is 101 Å². The number of aldehydes is 1. The minimum absolute atomic E-state index is 0.221. The molecule has 0 rings (SSSR count). The fraction of sp³-hybridized carbons (Fsp3) is 0.800. The third kappa shape index (κ3) is 5.49. The quantitative estimate of drug-likeness (QED) is 0.401. The third-order valence-corrected chi connectivity index (χ3v) is 2.38. The molecule has 2 atom stereocenters. The molecule has 0 aliphatic rings. The normalized spacial score (nSPS) is 16.7. The number of carbonyl (C=O) groups is 2. The van der Waals surface area contributed by atoms with E-state index in [4.69, 9.17) is 15.9 Å². The van der Waals surface area contributed by atoms with Gasteiger partial charge < -0.3 is 20.7 Å². The lowest BCUT2D eigenvalue weighted by molar-refractivity contribution is -0.144. The average molecular weight is 217 g/mol. The molecule has 15 heavy (non-hydrogen) atoms. The van der Waals surface area contributed by atoms with Crippen molar-refractivity contribution in [3.63, 3.8) is 0 Å². The van der Waals surface area contributed by atoms with Gasteiger partial charge in [0.05, 0.1) is 6.10 Å². The highest BCUT2D eigenvalue weighted by molar-refractivity contribution is 5.78. The minimum Gasteiger partial charge on any atom is -0.480 e. The molecule has 0 saturated heterocycles. The predicted molar refractivity (Wildman–Crippen MR) is 55.4 cm³/mol. The summed E-state index contributed by atoms with van der Waals surface area (Å²) in [5.74, 6) is -1.07. The third-order valence-electron chi connectivity index (χ3n) is 2.38. The van der Waals surface area contributed by atoms with Crippen LogP contribution in [0.25, 0.3) is 0 Å². The molecular formula is C10H19NO4. The van der Waals surface area contributed by atoms with Crippen LogP contribution in [0.15, 0.2) is 0 Å². The maximum absolute atomic E-state index is 10.9. The lowest BCUT2D eigenvalue weighted by atomic mass is 9.88. The lowest BCUT2D eigenvalue weighted by Gasteiger charge is -2.24. The highest BCUT2D eigenvalue weighted by Crippen LogP contribution is 2.19. The van der Waals surface area contributed by atoms with Crippen molar-refractivity contribution in [2.45, 2.75) is 50.7 Å².